The van der Waals surface area contributed by atoms with E-state index in [1.54, 1.807) is 0 Å². The Morgan fingerprint density at radius 2 is 0.950 bits per heavy atom. The van der Waals surface area contributed by atoms with Gasteiger partial charge in [0.1, 0.15) is 11.4 Å². The van der Waals surface area contributed by atoms with Crippen LogP contribution in [0.1, 0.15) is 53.4 Å². The Bertz CT molecular complexity index is 359. The third-order valence-electron chi connectivity index (χ3n) is 6.24. The molecular formula is C16H30N2O2. The summed E-state index contributed by atoms with van der Waals surface area (Å²) in [5.74, 6) is 0. The summed E-state index contributed by atoms with van der Waals surface area (Å²) in [6.45, 7) is 10.7. The molecule has 20 heavy (non-hydrogen) atoms. The molecule has 4 nitrogen and oxygen atoms in total. The first kappa shape index (κ1) is 14.8. The summed E-state index contributed by atoms with van der Waals surface area (Å²) in [5, 5.41) is 0. The molecule has 1 aliphatic carbocycles. The second-order valence-corrected chi connectivity index (χ2v) is 8.21. The molecule has 2 saturated heterocycles. The van der Waals surface area contributed by atoms with E-state index in [2.05, 4.69) is 51.6 Å². The van der Waals surface area contributed by atoms with Gasteiger partial charge in [0.15, 0.2) is 0 Å². The van der Waals surface area contributed by atoms with Gasteiger partial charge < -0.3 is 9.47 Å². The predicted molar refractivity (Wildman–Crippen MR) is 79.5 cm³/mol. The molecule has 2 heterocycles. The van der Waals surface area contributed by atoms with Gasteiger partial charge >= 0.3 is 0 Å². The Balaban J connectivity index is 1.75. The van der Waals surface area contributed by atoms with Crippen molar-refractivity contribution in [2.75, 3.05) is 27.3 Å². The average Bonchev–Trinajstić information content (AvgIpc) is 2.75. The maximum atomic E-state index is 6.25. The lowest BCUT2D eigenvalue weighted by Crippen LogP contribution is -2.58. The lowest BCUT2D eigenvalue weighted by Gasteiger charge is -2.49. The SMILES string of the molecule is CN1C(C)(C)COC12CCC1(CC2)OCC(C)(C)N1C. The molecule has 0 aromatic heterocycles. The van der Waals surface area contributed by atoms with Crippen LogP contribution < -0.4 is 0 Å². The van der Waals surface area contributed by atoms with Crippen molar-refractivity contribution in [1.29, 1.82) is 0 Å². The largest absolute Gasteiger partial charge is 0.359 e. The van der Waals surface area contributed by atoms with Crippen molar-refractivity contribution in [2.24, 2.45) is 0 Å². The highest BCUT2D eigenvalue weighted by molar-refractivity contribution is 5.05. The number of hydrogen-bond donors (Lipinski definition) is 0. The van der Waals surface area contributed by atoms with Crippen LogP contribution in [0, 0.1) is 0 Å². The molecule has 2 spiro atoms. The van der Waals surface area contributed by atoms with Crippen LogP contribution in [0.5, 0.6) is 0 Å². The van der Waals surface area contributed by atoms with Crippen LogP contribution in [0.3, 0.4) is 0 Å². The van der Waals surface area contributed by atoms with Gasteiger partial charge in [-0.3, -0.25) is 9.80 Å². The molecule has 0 N–H and O–H groups in total. The maximum absolute atomic E-state index is 6.25. The molecule has 0 amide bonds. The van der Waals surface area contributed by atoms with Crippen molar-refractivity contribution in [3.63, 3.8) is 0 Å². The van der Waals surface area contributed by atoms with Gasteiger partial charge in [0.05, 0.1) is 13.2 Å². The van der Waals surface area contributed by atoms with E-state index >= 15 is 0 Å². The standard InChI is InChI=1S/C16H30N2O2/c1-13(2)11-19-15(17(13)5)7-9-16(10-8-15)18(6)14(3,4)12-20-16/h7-12H2,1-6H3. The van der Waals surface area contributed by atoms with Crippen LogP contribution in [0.2, 0.25) is 0 Å². The minimum absolute atomic E-state index is 0.0638. The molecule has 0 unspecified atom stereocenters. The molecular weight excluding hydrogens is 252 g/mol. The maximum Gasteiger partial charge on any atom is 0.122 e. The van der Waals surface area contributed by atoms with Crippen molar-refractivity contribution in [3.8, 4) is 0 Å². The number of hydrogen-bond acceptors (Lipinski definition) is 4. The zero-order valence-electron chi connectivity index (χ0n) is 14.0. The number of ether oxygens (including phenoxy) is 2. The quantitative estimate of drug-likeness (QED) is 0.681. The van der Waals surface area contributed by atoms with Crippen LogP contribution in [0.15, 0.2) is 0 Å². The van der Waals surface area contributed by atoms with Gasteiger partial charge in [0.2, 0.25) is 0 Å². The number of nitrogens with zero attached hydrogens (tertiary/aromatic N) is 2. The molecule has 116 valence electrons. The van der Waals surface area contributed by atoms with Gasteiger partial charge in [-0.05, 0) is 67.5 Å². The highest BCUT2D eigenvalue weighted by Crippen LogP contribution is 2.50. The van der Waals surface area contributed by atoms with Crippen molar-refractivity contribution in [1.82, 2.24) is 9.80 Å². The minimum atomic E-state index is -0.0638. The third-order valence-corrected chi connectivity index (χ3v) is 6.24. The molecule has 4 heteroatoms. The van der Waals surface area contributed by atoms with Gasteiger partial charge in [-0.15, -0.1) is 0 Å². The van der Waals surface area contributed by atoms with Gasteiger partial charge in [0, 0.05) is 11.1 Å². The lowest BCUT2D eigenvalue weighted by atomic mass is 9.82. The summed E-state index contributed by atoms with van der Waals surface area (Å²) in [6, 6.07) is 0. The molecule has 0 radical (unpaired) electrons. The summed E-state index contributed by atoms with van der Waals surface area (Å²) in [4.78, 5) is 4.90. The molecule has 0 aromatic rings. The van der Waals surface area contributed by atoms with Gasteiger partial charge in [-0.2, -0.15) is 0 Å². The summed E-state index contributed by atoms with van der Waals surface area (Å²) in [5.41, 5.74) is 0.162. The third kappa shape index (κ3) is 1.88. The fourth-order valence-corrected chi connectivity index (χ4v) is 4.10. The monoisotopic (exact) mass is 282 g/mol. The van der Waals surface area contributed by atoms with E-state index in [0.29, 0.717) is 0 Å². The first-order valence-corrected chi connectivity index (χ1v) is 7.90. The Morgan fingerprint density at radius 1 is 0.650 bits per heavy atom. The van der Waals surface area contributed by atoms with E-state index in [1.807, 2.05) is 0 Å². The Kier molecular flexibility index (Phi) is 3.09. The fraction of sp³-hybridized carbons (Fsp3) is 1.00. The van der Waals surface area contributed by atoms with Crippen molar-refractivity contribution in [3.05, 3.63) is 0 Å². The summed E-state index contributed by atoms with van der Waals surface area (Å²) in [7, 11) is 4.43. The first-order valence-electron chi connectivity index (χ1n) is 7.90. The molecule has 0 bridgehead atoms. The number of likely N-dealkylation sites (N-methyl/N-ethyl adjacent to an activating group) is 2. The van der Waals surface area contributed by atoms with E-state index in [0.717, 1.165) is 38.9 Å². The smallest absolute Gasteiger partial charge is 0.122 e. The van der Waals surface area contributed by atoms with Crippen molar-refractivity contribution < 1.29 is 9.47 Å². The highest BCUT2D eigenvalue weighted by Gasteiger charge is 2.58. The van der Waals surface area contributed by atoms with E-state index < -0.39 is 0 Å². The van der Waals surface area contributed by atoms with Crippen LogP contribution in [0.25, 0.3) is 0 Å². The zero-order valence-corrected chi connectivity index (χ0v) is 14.0. The topological polar surface area (TPSA) is 24.9 Å². The van der Waals surface area contributed by atoms with E-state index in [9.17, 15) is 0 Å². The molecule has 1 saturated carbocycles. The van der Waals surface area contributed by atoms with E-state index in [1.165, 1.54) is 0 Å². The molecule has 3 fully saturated rings. The van der Waals surface area contributed by atoms with Crippen LogP contribution >= 0.6 is 0 Å². The fourth-order valence-electron chi connectivity index (χ4n) is 4.10. The molecule has 2 aliphatic heterocycles. The minimum Gasteiger partial charge on any atom is -0.359 e. The summed E-state index contributed by atoms with van der Waals surface area (Å²) >= 11 is 0. The van der Waals surface area contributed by atoms with Crippen LogP contribution in [-0.4, -0.2) is 59.6 Å². The second-order valence-electron chi connectivity index (χ2n) is 8.21. The van der Waals surface area contributed by atoms with Crippen molar-refractivity contribution in [2.45, 2.75) is 75.9 Å². The Morgan fingerprint density at radius 3 is 1.15 bits per heavy atom. The highest BCUT2D eigenvalue weighted by atomic mass is 16.5. The molecule has 3 rings (SSSR count). The Hall–Kier alpha value is -0.160. The normalized spacial score (nSPS) is 44.7. The first-order chi connectivity index (χ1) is 9.14. The van der Waals surface area contributed by atoms with Gasteiger partial charge in [-0.25, -0.2) is 0 Å². The average molecular weight is 282 g/mol. The molecule has 0 aromatic carbocycles. The molecule has 0 atom stereocenters. The predicted octanol–water partition coefficient (Wildman–Crippen LogP) is 2.43. The number of rotatable bonds is 0. The van der Waals surface area contributed by atoms with Crippen LogP contribution in [0.4, 0.5) is 0 Å². The summed E-state index contributed by atoms with van der Waals surface area (Å²) < 4.78 is 12.5. The Labute approximate surface area is 123 Å². The van der Waals surface area contributed by atoms with E-state index in [-0.39, 0.29) is 22.5 Å². The van der Waals surface area contributed by atoms with E-state index in [4.69, 9.17) is 9.47 Å². The second kappa shape index (κ2) is 4.19. The van der Waals surface area contributed by atoms with Gasteiger partial charge in [0.25, 0.3) is 0 Å². The van der Waals surface area contributed by atoms with Crippen molar-refractivity contribution >= 4 is 0 Å². The summed E-state index contributed by atoms with van der Waals surface area (Å²) in [6.07, 6.45) is 4.25. The van der Waals surface area contributed by atoms with Gasteiger partial charge in [-0.1, -0.05) is 0 Å². The van der Waals surface area contributed by atoms with Crippen LogP contribution in [-0.2, 0) is 9.47 Å². The molecule has 3 aliphatic rings. The zero-order chi connectivity index (χ0) is 14.8. The lowest BCUT2D eigenvalue weighted by molar-refractivity contribution is -0.179.